The molecule has 18 heavy (non-hydrogen) atoms. The molecule has 0 saturated heterocycles. The average molecular weight is 250 g/mol. The lowest BCUT2D eigenvalue weighted by Crippen LogP contribution is -2.48. The Balaban J connectivity index is 2.33. The third kappa shape index (κ3) is 2.44. The fourth-order valence-corrected chi connectivity index (χ4v) is 3.09. The van der Waals surface area contributed by atoms with E-state index in [1.165, 1.54) is 6.42 Å². The molecule has 0 spiro atoms. The van der Waals surface area contributed by atoms with Crippen molar-refractivity contribution in [1.29, 1.82) is 0 Å². The van der Waals surface area contributed by atoms with E-state index >= 15 is 0 Å². The zero-order valence-corrected chi connectivity index (χ0v) is 10.6. The summed E-state index contributed by atoms with van der Waals surface area (Å²) in [5.74, 6) is 0.0239. The van der Waals surface area contributed by atoms with E-state index in [2.05, 4.69) is 0 Å². The molecule has 3 N–H and O–H groups in total. The van der Waals surface area contributed by atoms with Gasteiger partial charge < -0.3 is 15.3 Å². The van der Waals surface area contributed by atoms with Crippen LogP contribution < -0.4 is 0 Å². The van der Waals surface area contributed by atoms with Crippen molar-refractivity contribution in [3.05, 3.63) is 35.9 Å². The van der Waals surface area contributed by atoms with E-state index in [1.807, 2.05) is 30.3 Å². The van der Waals surface area contributed by atoms with Crippen LogP contribution in [0.15, 0.2) is 30.3 Å². The Labute approximate surface area is 108 Å². The minimum Gasteiger partial charge on any atom is -0.394 e. The summed E-state index contributed by atoms with van der Waals surface area (Å²) in [6.45, 7) is -0.415. The SMILES string of the molecule is OC[C@@H](O)[C@@](O)(c1ccccc1)C1CCCCC1. The van der Waals surface area contributed by atoms with E-state index in [0.29, 0.717) is 5.56 Å². The van der Waals surface area contributed by atoms with Gasteiger partial charge in [-0.1, -0.05) is 49.6 Å². The van der Waals surface area contributed by atoms with E-state index < -0.39 is 18.3 Å². The Morgan fingerprint density at radius 3 is 2.28 bits per heavy atom. The molecule has 2 rings (SSSR count). The highest BCUT2D eigenvalue weighted by Gasteiger charge is 2.44. The maximum Gasteiger partial charge on any atom is 0.120 e. The molecule has 0 heterocycles. The average Bonchev–Trinajstić information content (AvgIpc) is 2.47. The van der Waals surface area contributed by atoms with Crippen molar-refractivity contribution in [3.63, 3.8) is 0 Å². The molecule has 0 amide bonds. The summed E-state index contributed by atoms with van der Waals surface area (Å²) in [5.41, 5.74) is -0.616. The molecule has 1 aromatic rings. The second-order valence-corrected chi connectivity index (χ2v) is 5.22. The smallest absolute Gasteiger partial charge is 0.120 e. The molecule has 0 aliphatic heterocycles. The van der Waals surface area contributed by atoms with Crippen LogP contribution in [0.5, 0.6) is 0 Å². The van der Waals surface area contributed by atoms with E-state index in [0.717, 1.165) is 25.7 Å². The number of hydrogen-bond donors (Lipinski definition) is 3. The summed E-state index contributed by atoms with van der Waals surface area (Å²) in [6, 6.07) is 9.25. The molecule has 1 saturated carbocycles. The van der Waals surface area contributed by atoms with Crippen LogP contribution in [0.1, 0.15) is 37.7 Å². The van der Waals surface area contributed by atoms with E-state index in [-0.39, 0.29) is 5.92 Å². The van der Waals surface area contributed by atoms with Gasteiger partial charge in [-0.2, -0.15) is 0 Å². The van der Waals surface area contributed by atoms with Crippen LogP contribution in [0.4, 0.5) is 0 Å². The monoisotopic (exact) mass is 250 g/mol. The van der Waals surface area contributed by atoms with Gasteiger partial charge in [0.05, 0.1) is 6.61 Å². The minimum absolute atomic E-state index is 0.0239. The highest BCUT2D eigenvalue weighted by molar-refractivity contribution is 5.25. The Morgan fingerprint density at radius 2 is 1.72 bits per heavy atom. The maximum atomic E-state index is 11.0. The highest BCUT2D eigenvalue weighted by Crippen LogP contribution is 2.41. The van der Waals surface area contributed by atoms with Crippen LogP contribution in [0.25, 0.3) is 0 Å². The summed E-state index contributed by atoms with van der Waals surface area (Å²) in [5, 5.41) is 30.3. The van der Waals surface area contributed by atoms with Crippen molar-refractivity contribution in [2.45, 2.75) is 43.8 Å². The largest absolute Gasteiger partial charge is 0.394 e. The van der Waals surface area contributed by atoms with Gasteiger partial charge in [0.1, 0.15) is 11.7 Å². The van der Waals surface area contributed by atoms with Crippen molar-refractivity contribution in [1.82, 2.24) is 0 Å². The lowest BCUT2D eigenvalue weighted by molar-refractivity contribution is -0.143. The zero-order chi connectivity index (χ0) is 13.0. The van der Waals surface area contributed by atoms with Gasteiger partial charge in [0.15, 0.2) is 0 Å². The Bertz CT molecular complexity index is 359. The maximum absolute atomic E-state index is 11.0. The summed E-state index contributed by atoms with van der Waals surface area (Å²) >= 11 is 0. The van der Waals surface area contributed by atoms with Gasteiger partial charge in [-0.3, -0.25) is 0 Å². The molecule has 1 aromatic carbocycles. The molecule has 0 radical (unpaired) electrons. The Kier molecular flexibility index (Phi) is 4.38. The van der Waals surface area contributed by atoms with Crippen LogP contribution in [0, 0.1) is 5.92 Å². The third-order valence-electron chi connectivity index (χ3n) is 4.14. The second-order valence-electron chi connectivity index (χ2n) is 5.22. The van der Waals surface area contributed by atoms with Crippen molar-refractivity contribution >= 4 is 0 Å². The van der Waals surface area contributed by atoms with Crippen molar-refractivity contribution in [3.8, 4) is 0 Å². The number of hydrogen-bond acceptors (Lipinski definition) is 3. The molecule has 3 nitrogen and oxygen atoms in total. The fourth-order valence-electron chi connectivity index (χ4n) is 3.09. The van der Waals surface area contributed by atoms with Gasteiger partial charge in [-0.05, 0) is 24.3 Å². The van der Waals surface area contributed by atoms with Crippen molar-refractivity contribution in [2.24, 2.45) is 5.92 Å². The summed E-state index contributed by atoms with van der Waals surface area (Å²) in [6.07, 6.45) is 4.04. The predicted molar refractivity (Wildman–Crippen MR) is 70.0 cm³/mol. The molecule has 0 aromatic heterocycles. The van der Waals surface area contributed by atoms with Gasteiger partial charge in [0.2, 0.25) is 0 Å². The van der Waals surface area contributed by atoms with Crippen LogP contribution in [-0.4, -0.2) is 28.0 Å². The molecule has 100 valence electrons. The quantitative estimate of drug-likeness (QED) is 0.763. The zero-order valence-electron chi connectivity index (χ0n) is 10.6. The van der Waals surface area contributed by atoms with E-state index in [1.54, 1.807) is 0 Å². The first kappa shape index (κ1) is 13.5. The second kappa shape index (κ2) is 5.83. The Morgan fingerprint density at radius 1 is 1.11 bits per heavy atom. The first-order chi connectivity index (χ1) is 8.69. The van der Waals surface area contributed by atoms with Crippen molar-refractivity contribution < 1.29 is 15.3 Å². The topological polar surface area (TPSA) is 60.7 Å². The standard InChI is InChI=1S/C15H22O3/c16-11-14(17)15(18,12-7-3-1-4-8-12)13-9-5-2-6-10-13/h1,3-4,7-8,13-14,16-18H,2,5-6,9-11H2/t14-,15-/m1/s1. The lowest BCUT2D eigenvalue weighted by Gasteiger charge is -2.41. The predicted octanol–water partition coefficient (Wildman–Crippen LogP) is 1.81. The van der Waals surface area contributed by atoms with Crippen LogP contribution >= 0.6 is 0 Å². The summed E-state index contributed by atoms with van der Waals surface area (Å²) < 4.78 is 0. The first-order valence-corrected chi connectivity index (χ1v) is 6.76. The lowest BCUT2D eigenvalue weighted by atomic mass is 9.70. The van der Waals surface area contributed by atoms with Gasteiger partial charge >= 0.3 is 0 Å². The number of aliphatic hydroxyl groups excluding tert-OH is 2. The summed E-state index contributed by atoms with van der Waals surface area (Å²) in [7, 11) is 0. The van der Waals surface area contributed by atoms with Gasteiger partial charge in [-0.25, -0.2) is 0 Å². The molecular formula is C15H22O3. The van der Waals surface area contributed by atoms with Gasteiger partial charge in [0.25, 0.3) is 0 Å². The normalized spacial score (nSPS) is 22.4. The Hall–Kier alpha value is -0.900. The van der Waals surface area contributed by atoms with Crippen molar-refractivity contribution in [2.75, 3.05) is 6.61 Å². The van der Waals surface area contributed by atoms with Crippen LogP contribution in [-0.2, 0) is 5.60 Å². The van der Waals surface area contributed by atoms with E-state index in [4.69, 9.17) is 0 Å². The van der Waals surface area contributed by atoms with Crippen LogP contribution in [0.3, 0.4) is 0 Å². The molecule has 1 aliphatic rings. The molecule has 1 aliphatic carbocycles. The van der Waals surface area contributed by atoms with E-state index in [9.17, 15) is 15.3 Å². The van der Waals surface area contributed by atoms with Crippen LogP contribution in [0.2, 0.25) is 0 Å². The van der Waals surface area contributed by atoms with Gasteiger partial charge in [0, 0.05) is 0 Å². The molecular weight excluding hydrogens is 228 g/mol. The molecule has 3 heteroatoms. The molecule has 0 bridgehead atoms. The number of rotatable bonds is 4. The highest BCUT2D eigenvalue weighted by atomic mass is 16.4. The third-order valence-corrected chi connectivity index (χ3v) is 4.14. The molecule has 1 fully saturated rings. The number of benzene rings is 1. The molecule has 2 atom stereocenters. The number of aliphatic hydroxyl groups is 3. The van der Waals surface area contributed by atoms with Gasteiger partial charge in [-0.15, -0.1) is 0 Å². The first-order valence-electron chi connectivity index (χ1n) is 6.76. The fraction of sp³-hybridized carbons (Fsp3) is 0.600. The summed E-state index contributed by atoms with van der Waals surface area (Å²) in [4.78, 5) is 0. The minimum atomic E-state index is -1.32. The molecule has 0 unspecified atom stereocenters.